The van der Waals surface area contributed by atoms with E-state index < -0.39 is 11.8 Å². The summed E-state index contributed by atoms with van der Waals surface area (Å²) in [5.74, 6) is -0.798. The average Bonchev–Trinajstić information content (AvgIpc) is 2.36. The molecule has 4 heteroatoms. The molecule has 1 heterocycles. The Kier molecular flexibility index (Phi) is 3.90. The van der Waals surface area contributed by atoms with E-state index in [1.54, 1.807) is 0 Å². The van der Waals surface area contributed by atoms with Gasteiger partial charge in [0.15, 0.2) is 0 Å². The van der Waals surface area contributed by atoms with E-state index in [0.29, 0.717) is 5.92 Å². The van der Waals surface area contributed by atoms with Crippen LogP contribution in [0, 0.1) is 5.82 Å². The summed E-state index contributed by atoms with van der Waals surface area (Å²) < 4.78 is 18.5. The third kappa shape index (κ3) is 3.13. The van der Waals surface area contributed by atoms with Crippen molar-refractivity contribution >= 4 is 5.97 Å². The van der Waals surface area contributed by atoms with Gasteiger partial charge < -0.3 is 10.1 Å². The van der Waals surface area contributed by atoms with Crippen molar-refractivity contribution in [1.82, 2.24) is 5.32 Å². The van der Waals surface area contributed by atoms with Crippen molar-refractivity contribution in [1.29, 1.82) is 0 Å². The van der Waals surface area contributed by atoms with Crippen molar-refractivity contribution in [2.45, 2.75) is 38.1 Å². The molecule has 1 aliphatic rings. The number of esters is 1. The van der Waals surface area contributed by atoms with Crippen LogP contribution in [0.4, 0.5) is 4.39 Å². The van der Waals surface area contributed by atoms with Gasteiger partial charge in [-0.15, -0.1) is 0 Å². The van der Waals surface area contributed by atoms with Crippen molar-refractivity contribution in [2.24, 2.45) is 0 Å². The minimum absolute atomic E-state index is 0.000514. The fourth-order valence-electron chi connectivity index (χ4n) is 2.72. The lowest BCUT2D eigenvalue weighted by atomic mass is 9.80. The maximum absolute atomic E-state index is 13.9. The van der Waals surface area contributed by atoms with Crippen molar-refractivity contribution in [3.63, 3.8) is 0 Å². The third-order valence-electron chi connectivity index (χ3n) is 3.72. The van der Waals surface area contributed by atoms with Gasteiger partial charge in [0, 0.05) is 5.54 Å². The van der Waals surface area contributed by atoms with E-state index in [-0.39, 0.29) is 11.1 Å². The molecule has 0 saturated carbocycles. The van der Waals surface area contributed by atoms with Gasteiger partial charge >= 0.3 is 5.97 Å². The first-order valence-electron chi connectivity index (χ1n) is 6.56. The Hall–Kier alpha value is -1.42. The van der Waals surface area contributed by atoms with Gasteiger partial charge in [-0.05, 0) is 56.8 Å². The zero-order chi connectivity index (χ0) is 14.0. The fourth-order valence-corrected chi connectivity index (χ4v) is 2.72. The Bertz CT molecular complexity index is 485. The number of carbonyl (C=O) groups excluding carboxylic acids is 1. The fraction of sp³-hybridized carbons (Fsp3) is 0.533. The molecule has 0 spiro atoms. The Labute approximate surface area is 113 Å². The quantitative estimate of drug-likeness (QED) is 0.836. The average molecular weight is 265 g/mol. The highest BCUT2D eigenvalue weighted by atomic mass is 19.1. The highest BCUT2D eigenvalue weighted by molar-refractivity contribution is 5.89. The van der Waals surface area contributed by atoms with Crippen LogP contribution < -0.4 is 5.32 Å². The summed E-state index contributed by atoms with van der Waals surface area (Å²) in [6, 6.07) is 4.82. The van der Waals surface area contributed by atoms with Crippen molar-refractivity contribution in [3.8, 4) is 0 Å². The zero-order valence-electron chi connectivity index (χ0n) is 11.6. The van der Waals surface area contributed by atoms with E-state index in [0.717, 1.165) is 24.9 Å². The summed E-state index contributed by atoms with van der Waals surface area (Å²) in [6.07, 6.45) is 1.95. The number of rotatable bonds is 2. The number of hydrogen-bond acceptors (Lipinski definition) is 3. The minimum Gasteiger partial charge on any atom is -0.465 e. The first kappa shape index (κ1) is 14.0. The minimum atomic E-state index is -0.630. The van der Waals surface area contributed by atoms with Gasteiger partial charge in [0.2, 0.25) is 0 Å². The Morgan fingerprint density at radius 1 is 1.47 bits per heavy atom. The lowest BCUT2D eigenvalue weighted by Gasteiger charge is -2.36. The normalized spacial score (nSPS) is 22.0. The molecule has 0 bridgehead atoms. The van der Waals surface area contributed by atoms with Crippen LogP contribution in [-0.2, 0) is 4.74 Å². The largest absolute Gasteiger partial charge is 0.465 e. The van der Waals surface area contributed by atoms with Crippen LogP contribution in [0.2, 0.25) is 0 Å². The number of carbonyl (C=O) groups is 1. The van der Waals surface area contributed by atoms with Crippen molar-refractivity contribution in [3.05, 3.63) is 35.1 Å². The van der Waals surface area contributed by atoms with Gasteiger partial charge in [-0.2, -0.15) is 0 Å². The molecule has 1 saturated heterocycles. The number of nitrogens with one attached hydrogen (secondary N) is 1. The number of halogens is 1. The molecule has 1 unspecified atom stereocenters. The predicted molar refractivity (Wildman–Crippen MR) is 71.8 cm³/mol. The third-order valence-corrected chi connectivity index (χ3v) is 3.72. The molecular formula is C15H20FNO2. The van der Waals surface area contributed by atoms with Crippen LogP contribution in [0.3, 0.4) is 0 Å². The van der Waals surface area contributed by atoms with E-state index in [9.17, 15) is 9.18 Å². The summed E-state index contributed by atoms with van der Waals surface area (Å²) >= 11 is 0. The first-order valence-corrected chi connectivity index (χ1v) is 6.56. The smallest absolute Gasteiger partial charge is 0.340 e. The van der Waals surface area contributed by atoms with E-state index in [1.807, 2.05) is 6.07 Å². The Balaban J connectivity index is 2.22. The predicted octanol–water partition coefficient (Wildman–Crippen LogP) is 2.86. The lowest BCUT2D eigenvalue weighted by molar-refractivity contribution is 0.0595. The second kappa shape index (κ2) is 5.29. The lowest BCUT2D eigenvalue weighted by Crippen LogP contribution is -2.45. The van der Waals surface area contributed by atoms with E-state index in [2.05, 4.69) is 23.9 Å². The molecule has 1 aliphatic heterocycles. The van der Waals surface area contributed by atoms with Gasteiger partial charge in [0.1, 0.15) is 5.82 Å². The highest BCUT2D eigenvalue weighted by Crippen LogP contribution is 2.33. The number of hydrogen-bond donors (Lipinski definition) is 1. The molecule has 1 aromatic rings. The highest BCUT2D eigenvalue weighted by Gasteiger charge is 2.28. The van der Waals surface area contributed by atoms with Crippen LogP contribution in [0.25, 0.3) is 0 Å². The van der Waals surface area contributed by atoms with E-state index in [1.165, 1.54) is 19.2 Å². The van der Waals surface area contributed by atoms with Gasteiger partial charge in [-0.3, -0.25) is 0 Å². The van der Waals surface area contributed by atoms with Crippen molar-refractivity contribution < 1.29 is 13.9 Å². The number of ether oxygens (including phenoxy) is 1. The Morgan fingerprint density at radius 3 is 2.79 bits per heavy atom. The van der Waals surface area contributed by atoms with Crippen LogP contribution >= 0.6 is 0 Å². The van der Waals surface area contributed by atoms with Gasteiger partial charge in [0.25, 0.3) is 0 Å². The SMILES string of the molecule is COC(=O)c1ccc(C2CCNC(C)(C)C2)cc1F. The van der Waals surface area contributed by atoms with Crippen LogP contribution in [0.5, 0.6) is 0 Å². The first-order chi connectivity index (χ1) is 8.93. The maximum atomic E-state index is 13.9. The number of methoxy groups -OCH3 is 1. The molecule has 1 aromatic carbocycles. The van der Waals surface area contributed by atoms with Crippen LogP contribution in [0.1, 0.15) is 48.5 Å². The summed E-state index contributed by atoms with van der Waals surface area (Å²) in [6.45, 7) is 5.23. The van der Waals surface area contributed by atoms with Crippen LogP contribution in [-0.4, -0.2) is 25.2 Å². The molecule has 3 nitrogen and oxygen atoms in total. The van der Waals surface area contributed by atoms with Gasteiger partial charge in [-0.1, -0.05) is 6.07 Å². The zero-order valence-corrected chi connectivity index (χ0v) is 11.6. The van der Waals surface area contributed by atoms with Crippen LogP contribution in [0.15, 0.2) is 18.2 Å². The molecule has 0 radical (unpaired) electrons. The molecule has 0 amide bonds. The second-order valence-electron chi connectivity index (χ2n) is 5.73. The molecule has 1 N–H and O–H groups in total. The van der Waals surface area contributed by atoms with Gasteiger partial charge in [-0.25, -0.2) is 9.18 Å². The second-order valence-corrected chi connectivity index (χ2v) is 5.73. The van der Waals surface area contributed by atoms with E-state index in [4.69, 9.17) is 0 Å². The molecule has 1 atom stereocenters. The molecular weight excluding hydrogens is 245 g/mol. The van der Waals surface area contributed by atoms with Gasteiger partial charge in [0.05, 0.1) is 12.7 Å². The maximum Gasteiger partial charge on any atom is 0.340 e. The molecule has 0 aromatic heterocycles. The topological polar surface area (TPSA) is 38.3 Å². The monoisotopic (exact) mass is 265 g/mol. The Morgan fingerprint density at radius 2 is 2.21 bits per heavy atom. The standard InChI is InChI=1S/C15H20FNO2/c1-15(2)9-11(6-7-17-15)10-4-5-12(13(16)8-10)14(18)19-3/h4-5,8,11,17H,6-7,9H2,1-3H3. The summed E-state index contributed by atoms with van der Waals surface area (Å²) in [5, 5.41) is 3.44. The van der Waals surface area contributed by atoms with Crippen molar-refractivity contribution in [2.75, 3.05) is 13.7 Å². The molecule has 104 valence electrons. The number of benzene rings is 1. The molecule has 2 rings (SSSR count). The summed E-state index contributed by atoms with van der Waals surface area (Å²) in [4.78, 5) is 11.4. The summed E-state index contributed by atoms with van der Waals surface area (Å²) in [7, 11) is 1.25. The molecule has 1 fully saturated rings. The molecule has 19 heavy (non-hydrogen) atoms. The number of piperidine rings is 1. The van der Waals surface area contributed by atoms with E-state index >= 15 is 0 Å². The summed E-state index contributed by atoms with van der Waals surface area (Å²) in [5.41, 5.74) is 1.03. The molecule has 0 aliphatic carbocycles.